The summed E-state index contributed by atoms with van der Waals surface area (Å²) in [4.78, 5) is 26.6. The number of nitriles is 1. The molecule has 1 aliphatic rings. The molecule has 1 fully saturated rings. The normalized spacial score (nSPS) is 16.6. The average Bonchev–Trinajstić information content (AvgIpc) is 3.19. The maximum Gasteiger partial charge on any atom is 0.222 e. The summed E-state index contributed by atoms with van der Waals surface area (Å²) in [6.07, 6.45) is 2.37. The standard InChI is InChI=1S/C21H21ClN8O/c1-11(26-19-13(9-23)10-25-21(24)29-19)14-8-12-4-3-5-15(22)18(12)28-20(14)30(2)16-6-7-17(31)27-16/h3-5,8,10-11,16H,6-7H2,1-2H3,(H,27,31)(H3,24,25,26,29)/t11-,16-/m0/s1. The molecule has 0 saturated carbocycles. The Morgan fingerprint density at radius 2 is 2.23 bits per heavy atom. The van der Waals surface area contributed by atoms with Crippen LogP contribution in [0.15, 0.2) is 30.5 Å². The number of amides is 1. The molecule has 0 bridgehead atoms. The molecule has 2 atom stereocenters. The van der Waals surface area contributed by atoms with E-state index in [1.165, 1.54) is 6.20 Å². The summed E-state index contributed by atoms with van der Waals surface area (Å²) in [5.74, 6) is 1.10. The first-order valence-electron chi connectivity index (χ1n) is 9.78. The molecule has 4 N–H and O–H groups in total. The van der Waals surface area contributed by atoms with Crippen LogP contribution in [0, 0.1) is 11.3 Å². The number of pyridine rings is 1. The molecule has 2 aromatic heterocycles. The summed E-state index contributed by atoms with van der Waals surface area (Å²) in [6.45, 7) is 1.94. The van der Waals surface area contributed by atoms with Gasteiger partial charge in [-0.2, -0.15) is 10.2 Å². The molecule has 10 heteroatoms. The maximum absolute atomic E-state index is 11.8. The highest BCUT2D eigenvalue weighted by Gasteiger charge is 2.28. The van der Waals surface area contributed by atoms with Gasteiger partial charge in [0.2, 0.25) is 11.9 Å². The first kappa shape index (κ1) is 20.6. The summed E-state index contributed by atoms with van der Waals surface area (Å²) in [7, 11) is 1.89. The highest BCUT2D eigenvalue weighted by Crippen LogP contribution is 2.34. The van der Waals surface area contributed by atoms with Gasteiger partial charge in [-0.3, -0.25) is 4.79 Å². The van der Waals surface area contributed by atoms with Gasteiger partial charge in [-0.05, 0) is 25.5 Å². The lowest BCUT2D eigenvalue weighted by atomic mass is 10.0. The number of aromatic nitrogens is 3. The van der Waals surface area contributed by atoms with Crippen LogP contribution in [0.2, 0.25) is 5.02 Å². The van der Waals surface area contributed by atoms with Gasteiger partial charge in [0.05, 0.1) is 22.8 Å². The summed E-state index contributed by atoms with van der Waals surface area (Å²) in [5, 5.41) is 17.0. The molecular weight excluding hydrogens is 416 g/mol. The van der Waals surface area contributed by atoms with Gasteiger partial charge in [-0.1, -0.05) is 23.7 Å². The van der Waals surface area contributed by atoms with Gasteiger partial charge in [0, 0.05) is 24.4 Å². The van der Waals surface area contributed by atoms with E-state index in [0.717, 1.165) is 10.9 Å². The minimum Gasteiger partial charge on any atom is -0.368 e. The number of nitrogens with one attached hydrogen (secondary N) is 2. The van der Waals surface area contributed by atoms with Gasteiger partial charge < -0.3 is 21.3 Å². The van der Waals surface area contributed by atoms with Crippen molar-refractivity contribution in [1.29, 1.82) is 5.26 Å². The topological polar surface area (TPSA) is 133 Å². The number of hydrogen-bond donors (Lipinski definition) is 3. The second-order valence-corrected chi connectivity index (χ2v) is 7.82. The number of para-hydroxylation sites is 1. The van der Waals surface area contributed by atoms with Crippen molar-refractivity contribution in [1.82, 2.24) is 20.3 Å². The Labute approximate surface area is 184 Å². The second-order valence-electron chi connectivity index (χ2n) is 7.41. The van der Waals surface area contributed by atoms with E-state index in [2.05, 4.69) is 26.7 Å². The lowest BCUT2D eigenvalue weighted by molar-refractivity contribution is -0.119. The molecule has 4 rings (SSSR count). The summed E-state index contributed by atoms with van der Waals surface area (Å²) in [5.41, 5.74) is 7.54. The molecule has 158 valence electrons. The molecular formula is C21H21ClN8O. The Kier molecular flexibility index (Phi) is 5.48. The molecule has 9 nitrogen and oxygen atoms in total. The van der Waals surface area contributed by atoms with E-state index in [1.807, 2.05) is 37.1 Å². The number of fused-ring (bicyclic) bond motifs is 1. The quantitative estimate of drug-likeness (QED) is 0.555. The minimum atomic E-state index is -0.285. The van der Waals surface area contributed by atoms with Crippen LogP contribution in [0.25, 0.3) is 10.9 Å². The van der Waals surface area contributed by atoms with Crippen LogP contribution < -0.4 is 21.3 Å². The van der Waals surface area contributed by atoms with Gasteiger partial charge in [0.1, 0.15) is 29.4 Å². The largest absolute Gasteiger partial charge is 0.368 e. The predicted molar refractivity (Wildman–Crippen MR) is 120 cm³/mol. The summed E-state index contributed by atoms with van der Waals surface area (Å²) >= 11 is 6.40. The molecule has 0 radical (unpaired) electrons. The molecule has 1 amide bonds. The summed E-state index contributed by atoms with van der Waals surface area (Å²) < 4.78 is 0. The van der Waals surface area contributed by atoms with E-state index in [1.54, 1.807) is 6.07 Å². The number of benzene rings is 1. The maximum atomic E-state index is 11.8. The second kappa shape index (κ2) is 8.24. The Balaban J connectivity index is 1.79. The number of nitrogens with two attached hydrogens (primary N) is 1. The number of nitrogen functional groups attached to an aromatic ring is 1. The van der Waals surface area contributed by atoms with Gasteiger partial charge in [0.25, 0.3) is 0 Å². The number of nitrogens with zero attached hydrogens (tertiary/aromatic N) is 5. The fourth-order valence-electron chi connectivity index (χ4n) is 3.68. The Morgan fingerprint density at radius 1 is 1.42 bits per heavy atom. The molecule has 3 aromatic rings. The van der Waals surface area contributed by atoms with Gasteiger partial charge in [-0.15, -0.1) is 0 Å². The molecule has 0 unspecified atom stereocenters. The third-order valence-electron chi connectivity index (χ3n) is 5.33. The van der Waals surface area contributed by atoms with Crippen molar-refractivity contribution in [3.63, 3.8) is 0 Å². The van der Waals surface area contributed by atoms with Gasteiger partial charge >= 0.3 is 0 Å². The number of halogens is 1. The van der Waals surface area contributed by atoms with E-state index in [-0.39, 0.29) is 29.6 Å². The van der Waals surface area contributed by atoms with Crippen molar-refractivity contribution in [3.05, 3.63) is 46.6 Å². The SMILES string of the molecule is C[C@H](Nc1nc(N)ncc1C#N)c1cc2cccc(Cl)c2nc1N(C)[C@H]1CCC(=O)N1. The number of rotatable bonds is 5. The lowest BCUT2D eigenvalue weighted by Gasteiger charge is -2.29. The van der Waals surface area contributed by atoms with Crippen LogP contribution >= 0.6 is 11.6 Å². The molecule has 1 saturated heterocycles. The van der Waals surface area contributed by atoms with Crippen LogP contribution in [0.3, 0.4) is 0 Å². The molecule has 0 aliphatic carbocycles. The zero-order valence-electron chi connectivity index (χ0n) is 17.1. The minimum absolute atomic E-state index is 0.0125. The van der Waals surface area contributed by atoms with Crippen molar-refractivity contribution in [2.45, 2.75) is 32.0 Å². The number of anilines is 3. The van der Waals surface area contributed by atoms with Crippen LogP contribution in [-0.2, 0) is 4.79 Å². The average molecular weight is 437 g/mol. The van der Waals surface area contributed by atoms with Crippen LogP contribution in [0.1, 0.15) is 36.9 Å². The van der Waals surface area contributed by atoms with E-state index in [0.29, 0.717) is 35.0 Å². The van der Waals surface area contributed by atoms with Crippen LogP contribution in [0.4, 0.5) is 17.6 Å². The van der Waals surface area contributed by atoms with E-state index in [4.69, 9.17) is 22.3 Å². The van der Waals surface area contributed by atoms with E-state index < -0.39 is 0 Å². The van der Waals surface area contributed by atoms with Crippen LogP contribution in [-0.4, -0.2) is 34.1 Å². The Hall–Kier alpha value is -3.64. The first-order chi connectivity index (χ1) is 14.9. The van der Waals surface area contributed by atoms with Crippen molar-refractivity contribution < 1.29 is 4.79 Å². The van der Waals surface area contributed by atoms with Crippen LogP contribution in [0.5, 0.6) is 0 Å². The zero-order chi connectivity index (χ0) is 22.1. The van der Waals surface area contributed by atoms with E-state index >= 15 is 0 Å². The van der Waals surface area contributed by atoms with Crippen molar-refractivity contribution >= 4 is 46.0 Å². The van der Waals surface area contributed by atoms with Crippen molar-refractivity contribution in [2.24, 2.45) is 0 Å². The number of carbonyl (C=O) groups excluding carboxylic acids is 1. The smallest absolute Gasteiger partial charge is 0.222 e. The molecule has 31 heavy (non-hydrogen) atoms. The monoisotopic (exact) mass is 436 g/mol. The molecule has 3 heterocycles. The molecule has 1 aliphatic heterocycles. The predicted octanol–water partition coefficient (Wildman–Crippen LogP) is 2.98. The van der Waals surface area contributed by atoms with Crippen molar-refractivity contribution in [3.8, 4) is 6.07 Å². The highest BCUT2D eigenvalue weighted by atomic mass is 35.5. The van der Waals surface area contributed by atoms with Gasteiger partial charge in [-0.25, -0.2) is 9.97 Å². The third kappa shape index (κ3) is 4.02. The molecule has 0 spiro atoms. The Morgan fingerprint density at radius 3 is 2.94 bits per heavy atom. The third-order valence-corrected chi connectivity index (χ3v) is 5.63. The number of hydrogen-bond acceptors (Lipinski definition) is 8. The fourth-order valence-corrected chi connectivity index (χ4v) is 3.90. The van der Waals surface area contributed by atoms with E-state index in [9.17, 15) is 10.1 Å². The Bertz CT molecular complexity index is 1210. The lowest BCUT2D eigenvalue weighted by Crippen LogP contribution is -2.41. The fraction of sp³-hybridized carbons (Fsp3) is 0.286. The highest BCUT2D eigenvalue weighted by molar-refractivity contribution is 6.35. The number of carbonyl (C=O) groups is 1. The molecule has 1 aromatic carbocycles. The first-order valence-corrected chi connectivity index (χ1v) is 10.2. The van der Waals surface area contributed by atoms with Gasteiger partial charge in [0.15, 0.2) is 0 Å². The summed E-state index contributed by atoms with van der Waals surface area (Å²) in [6, 6.07) is 9.39. The van der Waals surface area contributed by atoms with Crippen molar-refractivity contribution in [2.75, 3.05) is 23.0 Å². The zero-order valence-corrected chi connectivity index (χ0v) is 17.8.